The van der Waals surface area contributed by atoms with E-state index < -0.39 is 0 Å². The second-order valence-electron chi connectivity index (χ2n) is 5.51. The number of piperidine rings is 1. The highest BCUT2D eigenvalue weighted by Gasteiger charge is 2.22. The van der Waals surface area contributed by atoms with Crippen molar-refractivity contribution < 1.29 is 4.79 Å². The normalized spacial score (nSPS) is 19.8. The minimum absolute atomic E-state index is 0.262. The van der Waals surface area contributed by atoms with Gasteiger partial charge in [0.05, 0.1) is 6.42 Å². The maximum Gasteiger partial charge on any atom is 0.227 e. The molecule has 2 heterocycles. The molecule has 0 spiro atoms. The molecule has 0 aliphatic carbocycles. The summed E-state index contributed by atoms with van der Waals surface area (Å²) in [4.78, 5) is 17.6. The van der Waals surface area contributed by atoms with Gasteiger partial charge in [0.15, 0.2) is 0 Å². The molecule has 1 aliphatic rings. The van der Waals surface area contributed by atoms with Crippen LogP contribution in [0.15, 0.2) is 30.5 Å². The second kappa shape index (κ2) is 5.08. The van der Waals surface area contributed by atoms with E-state index >= 15 is 0 Å². The van der Waals surface area contributed by atoms with Gasteiger partial charge in [0, 0.05) is 24.3 Å². The molecule has 0 radical (unpaired) electrons. The van der Waals surface area contributed by atoms with Crippen molar-refractivity contribution in [3.63, 3.8) is 0 Å². The van der Waals surface area contributed by atoms with Crippen LogP contribution in [-0.2, 0) is 11.2 Å². The first-order valence-electron chi connectivity index (χ1n) is 7.09. The number of hydrogen-bond donors (Lipinski definition) is 1. The Morgan fingerprint density at radius 1 is 1.37 bits per heavy atom. The van der Waals surface area contributed by atoms with Gasteiger partial charge in [0.25, 0.3) is 0 Å². The van der Waals surface area contributed by atoms with Crippen LogP contribution in [0, 0.1) is 0 Å². The first-order valence-corrected chi connectivity index (χ1v) is 7.09. The molecule has 1 unspecified atom stereocenters. The number of hydrogen-bond acceptors (Lipinski definition) is 1. The summed E-state index contributed by atoms with van der Waals surface area (Å²) in [7, 11) is 0. The fraction of sp³-hybridized carbons (Fsp3) is 0.438. The average molecular weight is 256 g/mol. The number of nitrogens with zero attached hydrogens (tertiary/aromatic N) is 1. The molecule has 0 bridgehead atoms. The summed E-state index contributed by atoms with van der Waals surface area (Å²) < 4.78 is 0. The van der Waals surface area contributed by atoms with Gasteiger partial charge >= 0.3 is 0 Å². The van der Waals surface area contributed by atoms with Crippen LogP contribution in [0.1, 0.15) is 31.7 Å². The Morgan fingerprint density at radius 3 is 3.11 bits per heavy atom. The molecule has 100 valence electrons. The van der Waals surface area contributed by atoms with Crippen LogP contribution < -0.4 is 0 Å². The molecule has 3 rings (SSSR count). The molecule has 1 aromatic heterocycles. The van der Waals surface area contributed by atoms with Gasteiger partial charge in [0.2, 0.25) is 5.91 Å². The van der Waals surface area contributed by atoms with E-state index in [4.69, 9.17) is 0 Å². The highest BCUT2D eigenvalue weighted by Crippen LogP contribution is 2.19. The Hall–Kier alpha value is -1.77. The van der Waals surface area contributed by atoms with E-state index in [1.165, 1.54) is 11.8 Å². The van der Waals surface area contributed by atoms with Crippen LogP contribution in [0.3, 0.4) is 0 Å². The van der Waals surface area contributed by atoms with Gasteiger partial charge in [-0.25, -0.2) is 0 Å². The van der Waals surface area contributed by atoms with Gasteiger partial charge in [-0.15, -0.1) is 0 Å². The number of H-pyrrole nitrogens is 1. The van der Waals surface area contributed by atoms with Crippen molar-refractivity contribution >= 4 is 16.8 Å². The molecule has 19 heavy (non-hydrogen) atoms. The zero-order valence-corrected chi connectivity index (χ0v) is 11.4. The van der Waals surface area contributed by atoms with Crippen molar-refractivity contribution in [2.45, 2.75) is 38.6 Å². The van der Waals surface area contributed by atoms with Gasteiger partial charge in [-0.05, 0) is 49.3 Å². The summed E-state index contributed by atoms with van der Waals surface area (Å²) in [5.41, 5.74) is 2.20. The smallest absolute Gasteiger partial charge is 0.227 e. The molecular weight excluding hydrogens is 236 g/mol. The van der Waals surface area contributed by atoms with Crippen molar-refractivity contribution in [3.8, 4) is 0 Å². The van der Waals surface area contributed by atoms with Gasteiger partial charge in [-0.3, -0.25) is 4.79 Å². The van der Waals surface area contributed by atoms with Gasteiger partial charge < -0.3 is 9.88 Å². The van der Waals surface area contributed by atoms with Gasteiger partial charge in [-0.1, -0.05) is 12.1 Å². The molecule has 1 atom stereocenters. The average Bonchev–Trinajstić information content (AvgIpc) is 2.86. The lowest BCUT2D eigenvalue weighted by Gasteiger charge is -2.33. The lowest BCUT2D eigenvalue weighted by Crippen LogP contribution is -2.42. The number of fused-ring (bicyclic) bond motifs is 1. The maximum atomic E-state index is 12.4. The quantitative estimate of drug-likeness (QED) is 0.880. The summed E-state index contributed by atoms with van der Waals surface area (Å²) >= 11 is 0. The minimum atomic E-state index is 0.262. The fourth-order valence-electron chi connectivity index (χ4n) is 2.95. The summed E-state index contributed by atoms with van der Waals surface area (Å²) in [6, 6.07) is 8.67. The zero-order valence-electron chi connectivity index (χ0n) is 11.4. The Bertz CT molecular complexity index is 587. The molecule has 1 aliphatic heterocycles. The molecule has 3 heteroatoms. The summed E-state index contributed by atoms with van der Waals surface area (Å²) in [5, 5.41) is 1.20. The van der Waals surface area contributed by atoms with Crippen LogP contribution in [0.4, 0.5) is 0 Å². The molecule has 1 saturated heterocycles. The Morgan fingerprint density at radius 2 is 2.26 bits per heavy atom. The first-order chi connectivity index (χ1) is 9.24. The number of benzene rings is 1. The predicted octanol–water partition coefficient (Wildman–Crippen LogP) is 3.11. The molecule has 1 fully saturated rings. The van der Waals surface area contributed by atoms with E-state index in [1.54, 1.807) is 0 Å². The van der Waals surface area contributed by atoms with E-state index in [0.717, 1.165) is 30.5 Å². The number of likely N-dealkylation sites (tertiary alicyclic amines) is 1. The van der Waals surface area contributed by atoms with Crippen molar-refractivity contribution in [1.82, 2.24) is 9.88 Å². The number of carbonyl (C=O) groups is 1. The summed E-state index contributed by atoms with van der Waals surface area (Å²) in [5.74, 6) is 0.262. The van der Waals surface area contributed by atoms with Crippen LogP contribution in [0.25, 0.3) is 10.9 Å². The Kier molecular flexibility index (Phi) is 3.28. The Balaban J connectivity index is 1.74. The van der Waals surface area contributed by atoms with Gasteiger partial charge in [0.1, 0.15) is 0 Å². The zero-order chi connectivity index (χ0) is 13.2. The van der Waals surface area contributed by atoms with Crippen LogP contribution in [-0.4, -0.2) is 28.4 Å². The number of aromatic amines is 1. The third-order valence-electron chi connectivity index (χ3n) is 4.10. The summed E-state index contributed by atoms with van der Waals surface area (Å²) in [6.45, 7) is 3.08. The predicted molar refractivity (Wildman–Crippen MR) is 77.0 cm³/mol. The van der Waals surface area contributed by atoms with Gasteiger partial charge in [-0.2, -0.15) is 0 Å². The molecule has 0 saturated carbocycles. The number of carbonyl (C=O) groups excluding carboxylic acids is 1. The lowest BCUT2D eigenvalue weighted by molar-refractivity contribution is -0.133. The molecule has 2 aromatic rings. The second-order valence-corrected chi connectivity index (χ2v) is 5.51. The maximum absolute atomic E-state index is 12.4. The third kappa shape index (κ3) is 2.50. The van der Waals surface area contributed by atoms with Crippen LogP contribution >= 0.6 is 0 Å². The van der Waals surface area contributed by atoms with Crippen LogP contribution in [0.5, 0.6) is 0 Å². The lowest BCUT2D eigenvalue weighted by atomic mass is 10.0. The highest BCUT2D eigenvalue weighted by atomic mass is 16.2. The molecular formula is C16H20N2O. The topological polar surface area (TPSA) is 36.1 Å². The Labute approximate surface area is 113 Å². The van der Waals surface area contributed by atoms with Crippen molar-refractivity contribution in [2.24, 2.45) is 0 Å². The molecule has 1 amide bonds. The van der Waals surface area contributed by atoms with E-state index in [9.17, 15) is 4.79 Å². The standard InChI is InChI=1S/C16H20N2O/c1-12-4-2-3-9-18(12)16(19)11-13-5-6-14-7-8-17-15(14)10-13/h5-8,10,12,17H,2-4,9,11H2,1H3. The van der Waals surface area contributed by atoms with E-state index in [2.05, 4.69) is 30.1 Å². The van der Waals surface area contributed by atoms with E-state index in [-0.39, 0.29) is 5.91 Å². The number of aromatic nitrogens is 1. The third-order valence-corrected chi connectivity index (χ3v) is 4.10. The largest absolute Gasteiger partial charge is 0.361 e. The first kappa shape index (κ1) is 12.3. The van der Waals surface area contributed by atoms with Crippen molar-refractivity contribution in [2.75, 3.05) is 6.54 Å². The number of nitrogens with one attached hydrogen (secondary N) is 1. The highest BCUT2D eigenvalue weighted by molar-refractivity contribution is 5.83. The van der Waals surface area contributed by atoms with E-state index in [0.29, 0.717) is 12.5 Å². The molecule has 3 nitrogen and oxygen atoms in total. The SMILES string of the molecule is CC1CCCCN1C(=O)Cc1ccc2cc[nH]c2c1. The minimum Gasteiger partial charge on any atom is -0.361 e. The van der Waals surface area contributed by atoms with Crippen LogP contribution in [0.2, 0.25) is 0 Å². The summed E-state index contributed by atoms with van der Waals surface area (Å²) in [6.07, 6.45) is 5.98. The number of amides is 1. The number of rotatable bonds is 2. The van der Waals surface area contributed by atoms with Crippen molar-refractivity contribution in [1.29, 1.82) is 0 Å². The monoisotopic (exact) mass is 256 g/mol. The van der Waals surface area contributed by atoms with E-state index in [1.807, 2.05) is 17.2 Å². The molecule has 1 aromatic carbocycles. The fourth-order valence-corrected chi connectivity index (χ4v) is 2.95. The molecule has 1 N–H and O–H groups in total. The van der Waals surface area contributed by atoms with Crippen molar-refractivity contribution in [3.05, 3.63) is 36.0 Å².